The zero-order valence-corrected chi connectivity index (χ0v) is 17.6. The van der Waals surface area contributed by atoms with E-state index < -0.39 is 0 Å². The second-order valence-electron chi connectivity index (χ2n) is 8.00. The molecule has 1 aliphatic heterocycles. The topological polar surface area (TPSA) is 6.48 Å². The maximum atomic E-state index is 2.51. The first-order valence-electron chi connectivity index (χ1n) is 11.5. The van der Waals surface area contributed by atoms with Crippen molar-refractivity contribution in [3.63, 3.8) is 0 Å². The fourth-order valence-corrected chi connectivity index (χ4v) is 3.88. The average molecular weight is 351 g/mol. The fraction of sp³-hybridized carbons (Fsp3) is 0.913. The SMILES string of the molecule is CCCCCCCCCCCCCCCCN1C=CN(CCC)C1C. The van der Waals surface area contributed by atoms with Crippen molar-refractivity contribution in [1.29, 1.82) is 0 Å². The van der Waals surface area contributed by atoms with Crippen LogP contribution in [-0.4, -0.2) is 29.1 Å². The quantitative estimate of drug-likeness (QED) is 0.254. The molecule has 0 N–H and O–H groups in total. The molecule has 0 spiro atoms. The summed E-state index contributed by atoms with van der Waals surface area (Å²) in [5.41, 5.74) is 0. The van der Waals surface area contributed by atoms with Gasteiger partial charge in [0.15, 0.2) is 0 Å². The number of rotatable bonds is 17. The third-order valence-corrected chi connectivity index (χ3v) is 5.66. The summed E-state index contributed by atoms with van der Waals surface area (Å²) >= 11 is 0. The van der Waals surface area contributed by atoms with Crippen LogP contribution in [0.2, 0.25) is 0 Å². The highest BCUT2D eigenvalue weighted by molar-refractivity contribution is 4.94. The number of nitrogens with zero attached hydrogens (tertiary/aromatic N) is 2. The minimum atomic E-state index is 0.571. The van der Waals surface area contributed by atoms with Gasteiger partial charge < -0.3 is 9.80 Å². The highest BCUT2D eigenvalue weighted by Crippen LogP contribution is 2.17. The second kappa shape index (κ2) is 15.6. The monoisotopic (exact) mass is 350 g/mol. The Bertz CT molecular complexity index is 313. The summed E-state index contributed by atoms with van der Waals surface area (Å²) < 4.78 is 0. The van der Waals surface area contributed by atoms with Crippen molar-refractivity contribution in [3.8, 4) is 0 Å². The van der Waals surface area contributed by atoms with Crippen LogP contribution in [0, 0.1) is 0 Å². The Morgan fingerprint density at radius 2 is 0.920 bits per heavy atom. The lowest BCUT2D eigenvalue weighted by molar-refractivity contribution is 0.168. The zero-order valence-electron chi connectivity index (χ0n) is 17.6. The van der Waals surface area contributed by atoms with Crippen LogP contribution in [0.1, 0.15) is 117 Å². The van der Waals surface area contributed by atoms with E-state index in [1.165, 1.54) is 109 Å². The van der Waals surface area contributed by atoms with E-state index in [0.717, 1.165) is 0 Å². The van der Waals surface area contributed by atoms with Gasteiger partial charge in [0.2, 0.25) is 0 Å². The largest absolute Gasteiger partial charge is 0.356 e. The van der Waals surface area contributed by atoms with Crippen molar-refractivity contribution in [1.82, 2.24) is 9.80 Å². The van der Waals surface area contributed by atoms with Crippen LogP contribution in [0.4, 0.5) is 0 Å². The van der Waals surface area contributed by atoms with Crippen molar-refractivity contribution >= 4 is 0 Å². The summed E-state index contributed by atoms with van der Waals surface area (Å²) in [5.74, 6) is 0. The van der Waals surface area contributed by atoms with Gasteiger partial charge in [-0.1, -0.05) is 97.3 Å². The van der Waals surface area contributed by atoms with Gasteiger partial charge in [0.25, 0.3) is 0 Å². The summed E-state index contributed by atoms with van der Waals surface area (Å²) in [6.45, 7) is 9.31. The molecule has 1 rings (SSSR count). The van der Waals surface area contributed by atoms with Crippen LogP contribution >= 0.6 is 0 Å². The standard InChI is InChI=1S/C23H46N2/c1-4-6-7-8-9-10-11-12-13-14-15-16-17-18-20-25-22-21-24(19-5-2)23(25)3/h21-23H,4-20H2,1-3H3. The summed E-state index contributed by atoms with van der Waals surface area (Å²) in [7, 11) is 0. The molecule has 2 heteroatoms. The summed E-state index contributed by atoms with van der Waals surface area (Å²) in [5, 5.41) is 0. The van der Waals surface area contributed by atoms with Gasteiger partial charge in [0.05, 0.1) is 6.17 Å². The molecule has 0 saturated carbocycles. The molecule has 0 radical (unpaired) electrons. The first-order chi connectivity index (χ1) is 12.3. The maximum absolute atomic E-state index is 2.51. The lowest BCUT2D eigenvalue weighted by Gasteiger charge is -2.29. The minimum Gasteiger partial charge on any atom is -0.356 e. The van der Waals surface area contributed by atoms with E-state index in [1.54, 1.807) is 0 Å². The van der Waals surface area contributed by atoms with Crippen molar-refractivity contribution < 1.29 is 0 Å². The van der Waals surface area contributed by atoms with Crippen LogP contribution in [-0.2, 0) is 0 Å². The van der Waals surface area contributed by atoms with Gasteiger partial charge in [-0.3, -0.25) is 0 Å². The zero-order chi connectivity index (χ0) is 18.2. The van der Waals surface area contributed by atoms with Crippen LogP contribution < -0.4 is 0 Å². The third kappa shape index (κ3) is 10.8. The molecule has 0 aromatic heterocycles. The predicted octanol–water partition coefficient (Wildman–Crippen LogP) is 7.31. The molecule has 1 atom stereocenters. The number of hydrogen-bond donors (Lipinski definition) is 0. The number of hydrogen-bond acceptors (Lipinski definition) is 2. The van der Waals surface area contributed by atoms with Crippen LogP contribution in [0.3, 0.4) is 0 Å². The molecule has 0 saturated heterocycles. The van der Waals surface area contributed by atoms with E-state index in [9.17, 15) is 0 Å². The first kappa shape index (κ1) is 22.4. The Hall–Kier alpha value is -0.660. The highest BCUT2D eigenvalue weighted by Gasteiger charge is 2.19. The molecule has 0 amide bonds. The third-order valence-electron chi connectivity index (χ3n) is 5.66. The van der Waals surface area contributed by atoms with E-state index in [4.69, 9.17) is 0 Å². The molecule has 148 valence electrons. The normalized spacial score (nSPS) is 17.0. The summed E-state index contributed by atoms with van der Waals surface area (Å²) in [4.78, 5) is 4.97. The van der Waals surface area contributed by atoms with Gasteiger partial charge in [-0.2, -0.15) is 0 Å². The molecule has 0 bridgehead atoms. The summed E-state index contributed by atoms with van der Waals surface area (Å²) in [6, 6.07) is 0. The molecule has 1 heterocycles. The van der Waals surface area contributed by atoms with Crippen molar-refractivity contribution in [2.75, 3.05) is 13.1 Å². The van der Waals surface area contributed by atoms with Gasteiger partial charge in [-0.15, -0.1) is 0 Å². The van der Waals surface area contributed by atoms with Gasteiger partial charge in [-0.05, 0) is 19.8 Å². The van der Waals surface area contributed by atoms with E-state index in [1.807, 2.05) is 0 Å². The van der Waals surface area contributed by atoms with Crippen LogP contribution in [0.15, 0.2) is 12.4 Å². The lowest BCUT2D eigenvalue weighted by Crippen LogP contribution is -2.36. The molecular formula is C23H46N2. The Morgan fingerprint density at radius 3 is 1.36 bits per heavy atom. The van der Waals surface area contributed by atoms with Gasteiger partial charge in [-0.25, -0.2) is 0 Å². The van der Waals surface area contributed by atoms with E-state index in [-0.39, 0.29) is 0 Å². The van der Waals surface area contributed by atoms with Gasteiger partial charge in [0, 0.05) is 25.5 Å². The van der Waals surface area contributed by atoms with Gasteiger partial charge in [0.1, 0.15) is 0 Å². The molecule has 0 aliphatic carbocycles. The van der Waals surface area contributed by atoms with Gasteiger partial charge >= 0.3 is 0 Å². The minimum absolute atomic E-state index is 0.571. The van der Waals surface area contributed by atoms with E-state index >= 15 is 0 Å². The van der Waals surface area contributed by atoms with Crippen LogP contribution in [0.25, 0.3) is 0 Å². The predicted molar refractivity (Wildman–Crippen MR) is 113 cm³/mol. The summed E-state index contributed by atoms with van der Waals surface area (Å²) in [6.07, 6.45) is 26.6. The molecule has 0 aromatic rings. The molecule has 2 nitrogen and oxygen atoms in total. The molecular weight excluding hydrogens is 304 g/mol. The molecule has 25 heavy (non-hydrogen) atoms. The van der Waals surface area contributed by atoms with Crippen molar-refractivity contribution in [2.45, 2.75) is 123 Å². The molecule has 1 aliphatic rings. The second-order valence-corrected chi connectivity index (χ2v) is 8.00. The Kier molecular flexibility index (Phi) is 14.0. The number of unbranched alkanes of at least 4 members (excludes halogenated alkanes) is 13. The van der Waals surface area contributed by atoms with E-state index in [0.29, 0.717) is 6.17 Å². The maximum Gasteiger partial charge on any atom is 0.0977 e. The van der Waals surface area contributed by atoms with E-state index in [2.05, 4.69) is 43.0 Å². The Morgan fingerprint density at radius 1 is 0.520 bits per heavy atom. The first-order valence-corrected chi connectivity index (χ1v) is 11.5. The van der Waals surface area contributed by atoms with Crippen LogP contribution in [0.5, 0.6) is 0 Å². The molecule has 0 aromatic carbocycles. The Balaban J connectivity index is 1.80. The van der Waals surface area contributed by atoms with Crippen molar-refractivity contribution in [3.05, 3.63) is 12.4 Å². The molecule has 0 fully saturated rings. The Labute approximate surface area is 159 Å². The lowest BCUT2D eigenvalue weighted by atomic mass is 10.0. The van der Waals surface area contributed by atoms with Crippen molar-refractivity contribution in [2.24, 2.45) is 0 Å². The molecule has 1 unspecified atom stereocenters. The smallest absolute Gasteiger partial charge is 0.0977 e. The fourth-order valence-electron chi connectivity index (χ4n) is 3.88. The highest BCUT2D eigenvalue weighted by atomic mass is 15.4. The average Bonchev–Trinajstić information content (AvgIpc) is 2.96.